The van der Waals surface area contributed by atoms with Gasteiger partial charge in [-0.3, -0.25) is 0 Å². The molecule has 0 spiro atoms. The number of pyridine rings is 1. The summed E-state index contributed by atoms with van der Waals surface area (Å²) in [4.78, 5) is 16.0. The van der Waals surface area contributed by atoms with Crippen molar-refractivity contribution in [3.05, 3.63) is 60.6 Å². The Labute approximate surface area is 158 Å². The molecule has 4 rings (SSSR count). The largest absolute Gasteiger partial charge is 0.380 e. The highest BCUT2D eigenvalue weighted by Gasteiger charge is 2.16. The van der Waals surface area contributed by atoms with Crippen LogP contribution in [-0.2, 0) is 0 Å². The van der Waals surface area contributed by atoms with Gasteiger partial charge >= 0.3 is 0 Å². The minimum atomic E-state index is 0.274. The fraction of sp³-hybridized carbons (Fsp3) is 0.300. The number of hydrogen-bond acceptors (Lipinski definition) is 5. The molecule has 7 nitrogen and oxygen atoms in total. The van der Waals surface area contributed by atoms with Crippen LogP contribution in [-0.4, -0.2) is 25.6 Å². The Hall–Kier alpha value is -3.40. The second-order valence-electron chi connectivity index (χ2n) is 6.65. The molecule has 3 heterocycles. The highest BCUT2D eigenvalue weighted by molar-refractivity contribution is 5.67. The van der Waals surface area contributed by atoms with Gasteiger partial charge in [-0.2, -0.15) is 0 Å². The van der Waals surface area contributed by atoms with Crippen molar-refractivity contribution in [2.75, 3.05) is 10.6 Å². The number of hydrogen-bond donors (Lipinski definition) is 2. The molecule has 27 heavy (non-hydrogen) atoms. The van der Waals surface area contributed by atoms with Crippen molar-refractivity contribution in [3.8, 4) is 5.69 Å². The van der Waals surface area contributed by atoms with E-state index in [1.807, 2.05) is 36.8 Å². The van der Waals surface area contributed by atoms with E-state index in [4.69, 9.17) is 6.57 Å². The predicted octanol–water partition coefficient (Wildman–Crippen LogP) is 4.70. The summed E-state index contributed by atoms with van der Waals surface area (Å²) >= 11 is 0. The van der Waals surface area contributed by atoms with Gasteiger partial charge in [0, 0.05) is 24.5 Å². The number of nitrogens with one attached hydrogen (secondary N) is 2. The number of nitrogens with zero attached hydrogens (tertiary/aromatic N) is 5. The Morgan fingerprint density at radius 3 is 2.44 bits per heavy atom. The summed E-state index contributed by atoms with van der Waals surface area (Å²) in [5.41, 5.74) is 2.06. The molecule has 0 saturated heterocycles. The predicted molar refractivity (Wildman–Crippen MR) is 106 cm³/mol. The lowest BCUT2D eigenvalue weighted by atomic mass is 9.95. The van der Waals surface area contributed by atoms with Gasteiger partial charge in [-0.15, -0.1) is 4.98 Å². The van der Waals surface area contributed by atoms with Gasteiger partial charge in [-0.25, -0.2) is 9.97 Å². The SMILES string of the molecule is [C-]#[N+]c1cnc(Nc2cc(NC3CCCCC3)c(-n3cccc3)cn2)cn1. The molecule has 0 bridgehead atoms. The molecule has 0 atom stereocenters. The van der Waals surface area contributed by atoms with Crippen LogP contribution < -0.4 is 10.6 Å². The van der Waals surface area contributed by atoms with Crippen LogP contribution in [0.25, 0.3) is 10.5 Å². The zero-order chi connectivity index (χ0) is 18.5. The maximum absolute atomic E-state index is 6.96. The average Bonchev–Trinajstić information content (AvgIpc) is 3.24. The molecule has 3 aromatic heterocycles. The Balaban J connectivity index is 1.60. The van der Waals surface area contributed by atoms with E-state index in [1.54, 1.807) is 6.20 Å². The lowest BCUT2D eigenvalue weighted by Gasteiger charge is -2.25. The van der Waals surface area contributed by atoms with Crippen LogP contribution in [0.2, 0.25) is 0 Å². The van der Waals surface area contributed by atoms with Crippen LogP contribution in [0.1, 0.15) is 32.1 Å². The Bertz CT molecular complexity index is 920. The minimum absolute atomic E-state index is 0.274. The van der Waals surface area contributed by atoms with Gasteiger partial charge in [-0.05, 0) is 25.0 Å². The van der Waals surface area contributed by atoms with Gasteiger partial charge in [0.05, 0.1) is 23.8 Å². The van der Waals surface area contributed by atoms with E-state index in [2.05, 4.69) is 35.0 Å². The summed E-state index contributed by atoms with van der Waals surface area (Å²) in [6.07, 6.45) is 15.1. The third-order valence-corrected chi connectivity index (χ3v) is 4.74. The van der Waals surface area contributed by atoms with Crippen molar-refractivity contribution in [1.29, 1.82) is 0 Å². The first-order valence-corrected chi connectivity index (χ1v) is 9.18. The van der Waals surface area contributed by atoms with E-state index in [-0.39, 0.29) is 5.82 Å². The lowest BCUT2D eigenvalue weighted by molar-refractivity contribution is 0.462. The van der Waals surface area contributed by atoms with Gasteiger partial charge in [0.15, 0.2) is 12.0 Å². The van der Waals surface area contributed by atoms with Crippen LogP contribution >= 0.6 is 0 Å². The van der Waals surface area contributed by atoms with Crippen LogP contribution in [0.4, 0.5) is 23.1 Å². The highest BCUT2D eigenvalue weighted by atomic mass is 15.1. The summed E-state index contributed by atoms with van der Waals surface area (Å²) in [5, 5.41) is 6.87. The van der Waals surface area contributed by atoms with E-state index in [0.29, 0.717) is 17.7 Å². The molecule has 1 aliphatic carbocycles. The van der Waals surface area contributed by atoms with E-state index in [0.717, 1.165) is 11.4 Å². The minimum Gasteiger partial charge on any atom is -0.380 e. The molecule has 0 aromatic carbocycles. The van der Waals surface area contributed by atoms with Crippen molar-refractivity contribution in [2.24, 2.45) is 0 Å². The summed E-state index contributed by atoms with van der Waals surface area (Å²) in [7, 11) is 0. The summed E-state index contributed by atoms with van der Waals surface area (Å²) in [6.45, 7) is 6.96. The van der Waals surface area contributed by atoms with Crippen molar-refractivity contribution >= 4 is 23.1 Å². The fourth-order valence-corrected chi connectivity index (χ4v) is 3.37. The monoisotopic (exact) mass is 359 g/mol. The second kappa shape index (κ2) is 7.87. The first-order valence-electron chi connectivity index (χ1n) is 9.18. The standard InChI is InChI=1S/C20H21N7/c1-21-19-13-24-20(14-23-19)26-18-11-16(25-15-7-3-2-4-8-15)17(12-22-18)27-9-5-6-10-27/h5-6,9-15H,2-4,7-8H2,(H2,22,24,25,26). The molecule has 1 aliphatic rings. The smallest absolute Gasteiger partial charge is 0.288 e. The molecule has 136 valence electrons. The van der Waals surface area contributed by atoms with Gasteiger partial charge in [-0.1, -0.05) is 25.8 Å². The van der Waals surface area contributed by atoms with E-state index >= 15 is 0 Å². The van der Waals surface area contributed by atoms with Crippen LogP contribution in [0.3, 0.4) is 0 Å². The van der Waals surface area contributed by atoms with Gasteiger partial charge < -0.3 is 20.0 Å². The van der Waals surface area contributed by atoms with Gasteiger partial charge in [0.1, 0.15) is 5.82 Å². The first-order chi connectivity index (χ1) is 13.3. The lowest BCUT2D eigenvalue weighted by Crippen LogP contribution is -2.23. The fourth-order valence-electron chi connectivity index (χ4n) is 3.37. The van der Waals surface area contributed by atoms with E-state index in [9.17, 15) is 0 Å². The van der Waals surface area contributed by atoms with Crippen molar-refractivity contribution < 1.29 is 0 Å². The number of rotatable bonds is 5. The molecule has 1 fully saturated rings. The number of anilines is 3. The van der Waals surface area contributed by atoms with Crippen molar-refractivity contribution in [1.82, 2.24) is 19.5 Å². The maximum atomic E-state index is 6.96. The number of aromatic nitrogens is 4. The zero-order valence-electron chi connectivity index (χ0n) is 15.0. The van der Waals surface area contributed by atoms with E-state index in [1.165, 1.54) is 38.3 Å². The van der Waals surface area contributed by atoms with Crippen LogP contribution in [0.15, 0.2) is 49.2 Å². The van der Waals surface area contributed by atoms with Gasteiger partial charge in [0.2, 0.25) is 0 Å². The van der Waals surface area contributed by atoms with Crippen molar-refractivity contribution in [2.45, 2.75) is 38.1 Å². The third-order valence-electron chi connectivity index (χ3n) is 4.74. The van der Waals surface area contributed by atoms with Crippen LogP contribution in [0.5, 0.6) is 0 Å². The van der Waals surface area contributed by atoms with Crippen LogP contribution in [0, 0.1) is 6.57 Å². The van der Waals surface area contributed by atoms with Crippen molar-refractivity contribution in [3.63, 3.8) is 0 Å². The summed E-state index contributed by atoms with van der Waals surface area (Å²) in [6, 6.07) is 6.51. The molecule has 0 amide bonds. The normalized spacial score (nSPS) is 14.5. The molecule has 0 aliphatic heterocycles. The molecule has 7 heteroatoms. The Morgan fingerprint density at radius 1 is 0.963 bits per heavy atom. The van der Waals surface area contributed by atoms with Gasteiger partial charge in [0.25, 0.3) is 5.82 Å². The highest BCUT2D eigenvalue weighted by Crippen LogP contribution is 2.28. The third kappa shape index (κ3) is 4.06. The second-order valence-corrected chi connectivity index (χ2v) is 6.65. The topological polar surface area (TPSA) is 72.0 Å². The molecular formula is C20H21N7. The summed E-state index contributed by atoms with van der Waals surface area (Å²) < 4.78 is 2.06. The molecule has 1 saturated carbocycles. The maximum Gasteiger partial charge on any atom is 0.288 e. The molecule has 0 unspecified atom stereocenters. The quantitative estimate of drug-likeness (QED) is 0.646. The Kier molecular flexibility index (Phi) is 4.97. The zero-order valence-corrected chi connectivity index (χ0v) is 15.0. The van der Waals surface area contributed by atoms with E-state index < -0.39 is 0 Å². The first kappa shape index (κ1) is 17.0. The molecular weight excluding hydrogens is 338 g/mol. The Morgan fingerprint density at radius 2 is 1.74 bits per heavy atom. The summed E-state index contributed by atoms with van der Waals surface area (Å²) in [5.74, 6) is 1.53. The molecule has 3 aromatic rings. The average molecular weight is 359 g/mol. The molecule has 2 N–H and O–H groups in total. The molecule has 0 radical (unpaired) electrons.